The first-order valence-corrected chi connectivity index (χ1v) is 7.90. The van der Waals surface area contributed by atoms with Crippen molar-refractivity contribution in [2.24, 2.45) is 5.73 Å². The number of carbonyl (C=O) groups is 2. The lowest BCUT2D eigenvalue weighted by atomic mass is 10.2. The van der Waals surface area contributed by atoms with Crippen molar-refractivity contribution in [1.29, 1.82) is 0 Å². The molecule has 0 spiro atoms. The molecule has 9 heteroatoms. The molecule has 1 saturated heterocycles. The number of carboxylic acid groups (broad SMARTS) is 1. The molecule has 2 rings (SSSR count). The van der Waals surface area contributed by atoms with Crippen LogP contribution in [0, 0.1) is 0 Å². The van der Waals surface area contributed by atoms with Crippen LogP contribution in [0.5, 0.6) is 0 Å². The highest BCUT2D eigenvalue weighted by Gasteiger charge is 2.39. The number of amides is 1. The molecule has 0 radical (unpaired) electrons. The van der Waals surface area contributed by atoms with E-state index in [2.05, 4.69) is 0 Å². The zero-order chi connectivity index (χ0) is 15.8. The summed E-state index contributed by atoms with van der Waals surface area (Å²) >= 11 is 5.80. The fourth-order valence-corrected chi connectivity index (χ4v) is 4.29. The fraction of sp³-hybridized carbons (Fsp3) is 0.333. The van der Waals surface area contributed by atoms with Gasteiger partial charge in [0.2, 0.25) is 15.9 Å². The van der Waals surface area contributed by atoms with E-state index in [1.54, 1.807) is 0 Å². The van der Waals surface area contributed by atoms with Gasteiger partial charge in [-0.2, -0.15) is 4.31 Å². The summed E-state index contributed by atoms with van der Waals surface area (Å²) in [6.07, 6.45) is 0.706. The van der Waals surface area contributed by atoms with Crippen LogP contribution < -0.4 is 5.73 Å². The van der Waals surface area contributed by atoms with Crippen molar-refractivity contribution in [1.82, 2.24) is 4.31 Å². The van der Waals surface area contributed by atoms with E-state index >= 15 is 0 Å². The van der Waals surface area contributed by atoms with Crippen LogP contribution in [-0.4, -0.2) is 42.3 Å². The molecule has 0 saturated carbocycles. The lowest BCUT2D eigenvalue weighted by Crippen LogP contribution is -2.40. The van der Waals surface area contributed by atoms with Gasteiger partial charge >= 0.3 is 5.97 Å². The maximum absolute atomic E-state index is 12.5. The van der Waals surface area contributed by atoms with E-state index in [0.29, 0.717) is 6.42 Å². The predicted octanol–water partition coefficient (Wildman–Crippen LogP) is 0.677. The highest BCUT2D eigenvalue weighted by atomic mass is 35.5. The standard InChI is InChI=1S/C12H13ClN2O5S/c13-8-4-7(11(14)16)5-9(6-8)21(19,20)15-3-1-2-10(15)12(17)18/h4-6,10H,1-3H2,(H2,14,16)(H,17,18)/t10-/m0/s1. The Kier molecular flexibility index (Phi) is 4.22. The predicted molar refractivity (Wildman–Crippen MR) is 74.5 cm³/mol. The molecule has 0 bridgehead atoms. The van der Waals surface area contributed by atoms with Gasteiger partial charge in [-0.3, -0.25) is 9.59 Å². The Bertz CT molecular complexity index is 704. The largest absolute Gasteiger partial charge is 0.480 e. The van der Waals surface area contributed by atoms with Crippen LogP contribution in [0.4, 0.5) is 0 Å². The van der Waals surface area contributed by atoms with Crippen LogP contribution in [0.3, 0.4) is 0 Å². The van der Waals surface area contributed by atoms with Crippen LogP contribution in [0.1, 0.15) is 23.2 Å². The van der Waals surface area contributed by atoms with E-state index in [-0.39, 0.29) is 28.4 Å². The second kappa shape index (κ2) is 5.63. The summed E-state index contributed by atoms with van der Waals surface area (Å²) in [6, 6.07) is 2.41. The van der Waals surface area contributed by atoms with E-state index in [1.807, 2.05) is 0 Å². The van der Waals surface area contributed by atoms with Gasteiger partial charge in [-0.25, -0.2) is 8.42 Å². The first-order valence-electron chi connectivity index (χ1n) is 6.08. The molecule has 1 heterocycles. The van der Waals surface area contributed by atoms with Crippen molar-refractivity contribution in [3.8, 4) is 0 Å². The lowest BCUT2D eigenvalue weighted by Gasteiger charge is -2.21. The smallest absolute Gasteiger partial charge is 0.322 e. The molecule has 1 aromatic carbocycles. The number of hydrogen-bond donors (Lipinski definition) is 2. The van der Waals surface area contributed by atoms with Crippen LogP contribution in [0.25, 0.3) is 0 Å². The van der Waals surface area contributed by atoms with E-state index in [1.165, 1.54) is 12.1 Å². The van der Waals surface area contributed by atoms with Gasteiger partial charge in [0.25, 0.3) is 0 Å². The zero-order valence-corrected chi connectivity index (χ0v) is 12.4. The van der Waals surface area contributed by atoms with Crippen LogP contribution in [0.15, 0.2) is 23.1 Å². The molecule has 3 N–H and O–H groups in total. The molecule has 0 aliphatic carbocycles. The molecule has 21 heavy (non-hydrogen) atoms. The average molecular weight is 333 g/mol. The van der Waals surface area contributed by atoms with Gasteiger partial charge in [-0.15, -0.1) is 0 Å². The zero-order valence-electron chi connectivity index (χ0n) is 10.8. The van der Waals surface area contributed by atoms with E-state index in [4.69, 9.17) is 22.4 Å². The number of carbonyl (C=O) groups excluding carboxylic acids is 1. The summed E-state index contributed by atoms with van der Waals surface area (Å²) in [5.74, 6) is -2.02. The summed E-state index contributed by atoms with van der Waals surface area (Å²) in [6.45, 7) is 0.109. The number of aliphatic carboxylic acids is 1. The van der Waals surface area contributed by atoms with E-state index in [0.717, 1.165) is 10.4 Å². The lowest BCUT2D eigenvalue weighted by molar-refractivity contribution is -0.140. The van der Waals surface area contributed by atoms with Gasteiger partial charge in [-0.05, 0) is 31.0 Å². The fourth-order valence-electron chi connectivity index (χ4n) is 2.26. The first kappa shape index (κ1) is 15.7. The minimum Gasteiger partial charge on any atom is -0.480 e. The maximum atomic E-state index is 12.5. The second-order valence-electron chi connectivity index (χ2n) is 4.65. The Morgan fingerprint density at radius 2 is 2.00 bits per heavy atom. The number of sulfonamides is 1. The molecule has 0 aromatic heterocycles. The van der Waals surface area contributed by atoms with Gasteiger partial charge in [0.15, 0.2) is 0 Å². The molecule has 1 aliphatic rings. The highest BCUT2D eigenvalue weighted by Crippen LogP contribution is 2.28. The Morgan fingerprint density at radius 1 is 1.33 bits per heavy atom. The van der Waals surface area contributed by atoms with Crippen molar-refractivity contribution >= 4 is 33.5 Å². The third kappa shape index (κ3) is 3.02. The average Bonchev–Trinajstić information content (AvgIpc) is 2.87. The van der Waals surface area contributed by atoms with Gasteiger partial charge in [0.1, 0.15) is 6.04 Å². The molecule has 114 valence electrons. The monoisotopic (exact) mass is 332 g/mol. The van der Waals surface area contributed by atoms with Gasteiger partial charge in [0.05, 0.1) is 4.90 Å². The van der Waals surface area contributed by atoms with Gasteiger partial charge in [-0.1, -0.05) is 11.6 Å². The third-order valence-corrected chi connectivity index (χ3v) is 5.36. The van der Waals surface area contributed by atoms with E-state index < -0.39 is 27.9 Å². The maximum Gasteiger partial charge on any atom is 0.322 e. The normalized spacial score (nSPS) is 19.6. The number of carboxylic acids is 1. The SMILES string of the molecule is NC(=O)c1cc(Cl)cc(S(=O)(=O)N2CCC[C@H]2C(=O)O)c1. The Balaban J connectivity index is 2.49. The summed E-state index contributed by atoms with van der Waals surface area (Å²) in [5.41, 5.74) is 5.07. The van der Waals surface area contributed by atoms with Crippen molar-refractivity contribution in [3.63, 3.8) is 0 Å². The molecule has 1 fully saturated rings. The van der Waals surface area contributed by atoms with Gasteiger partial charge < -0.3 is 10.8 Å². The molecule has 1 aliphatic heterocycles. The first-order chi connectivity index (χ1) is 9.73. The van der Waals surface area contributed by atoms with Crippen LogP contribution in [0.2, 0.25) is 5.02 Å². The molecular weight excluding hydrogens is 320 g/mol. The minimum absolute atomic E-state index is 0.0379. The number of nitrogens with two attached hydrogens (primary N) is 1. The molecule has 1 atom stereocenters. The number of hydrogen-bond acceptors (Lipinski definition) is 4. The van der Waals surface area contributed by atoms with Crippen molar-refractivity contribution in [2.75, 3.05) is 6.54 Å². The molecule has 0 unspecified atom stereocenters. The van der Waals surface area contributed by atoms with Crippen molar-refractivity contribution in [3.05, 3.63) is 28.8 Å². The quantitative estimate of drug-likeness (QED) is 0.840. The molecule has 1 aromatic rings. The minimum atomic E-state index is -4.05. The summed E-state index contributed by atoms with van der Waals surface area (Å²) in [4.78, 5) is 22.1. The van der Waals surface area contributed by atoms with E-state index in [9.17, 15) is 18.0 Å². The number of nitrogens with zero attached hydrogens (tertiary/aromatic N) is 1. The number of halogens is 1. The number of rotatable bonds is 4. The molecular formula is C12H13ClN2O5S. The Labute approximate surface area is 126 Å². The summed E-state index contributed by atoms with van der Waals surface area (Å²) in [7, 11) is -4.05. The highest BCUT2D eigenvalue weighted by molar-refractivity contribution is 7.89. The Hall–Kier alpha value is -1.64. The van der Waals surface area contributed by atoms with Crippen molar-refractivity contribution < 1.29 is 23.1 Å². The number of benzene rings is 1. The Morgan fingerprint density at radius 3 is 2.57 bits per heavy atom. The van der Waals surface area contributed by atoms with Crippen LogP contribution >= 0.6 is 11.6 Å². The summed E-state index contributed by atoms with van der Waals surface area (Å²) in [5, 5.41) is 9.12. The molecule has 1 amide bonds. The third-order valence-electron chi connectivity index (χ3n) is 3.25. The summed E-state index contributed by atoms with van der Waals surface area (Å²) < 4.78 is 26.0. The topological polar surface area (TPSA) is 118 Å². The number of primary amides is 1. The van der Waals surface area contributed by atoms with Crippen LogP contribution in [-0.2, 0) is 14.8 Å². The van der Waals surface area contributed by atoms with Gasteiger partial charge in [0, 0.05) is 17.1 Å². The van der Waals surface area contributed by atoms with Crippen molar-refractivity contribution in [2.45, 2.75) is 23.8 Å². The second-order valence-corrected chi connectivity index (χ2v) is 6.98. The molecule has 7 nitrogen and oxygen atoms in total.